The zero-order valence-corrected chi connectivity index (χ0v) is 9.95. The fourth-order valence-electron chi connectivity index (χ4n) is 1.33. The minimum atomic E-state index is 0.698. The minimum Gasteiger partial charge on any atom is -0.490 e. The Morgan fingerprint density at radius 2 is 1.62 bits per heavy atom. The quantitative estimate of drug-likeness (QED) is 0.689. The molecule has 0 atom stereocenters. The predicted octanol–water partition coefficient (Wildman–Crippen LogP) is 2.59. The maximum Gasteiger partial charge on any atom is 0.161 e. The summed E-state index contributed by atoms with van der Waals surface area (Å²) in [4.78, 5) is 0. The Labute approximate surface area is 97.6 Å². The molecule has 3 nitrogen and oxygen atoms in total. The van der Waals surface area contributed by atoms with Gasteiger partial charge in [-0.1, -0.05) is 19.1 Å². The zero-order valence-electron chi connectivity index (χ0n) is 9.95. The Kier molecular flexibility index (Phi) is 6.42. The second kappa shape index (κ2) is 7.99. The van der Waals surface area contributed by atoms with Crippen LogP contribution in [0, 0.1) is 0 Å². The van der Waals surface area contributed by atoms with Crippen LogP contribution in [-0.4, -0.2) is 19.8 Å². The van der Waals surface area contributed by atoms with Crippen LogP contribution in [0.1, 0.15) is 26.2 Å². The van der Waals surface area contributed by atoms with Crippen molar-refractivity contribution in [3.63, 3.8) is 0 Å². The number of hydrogen-bond acceptors (Lipinski definition) is 3. The molecule has 0 fully saturated rings. The van der Waals surface area contributed by atoms with E-state index in [2.05, 4.69) is 6.92 Å². The number of para-hydroxylation sites is 2. The average Bonchev–Trinajstić information content (AvgIpc) is 2.33. The summed E-state index contributed by atoms with van der Waals surface area (Å²) in [6, 6.07) is 7.79. The van der Waals surface area contributed by atoms with Crippen molar-refractivity contribution in [3.8, 4) is 11.5 Å². The summed E-state index contributed by atoms with van der Waals surface area (Å²) >= 11 is 0. The van der Waals surface area contributed by atoms with E-state index in [1.54, 1.807) is 0 Å². The van der Waals surface area contributed by atoms with Crippen molar-refractivity contribution in [2.24, 2.45) is 5.73 Å². The Morgan fingerprint density at radius 1 is 1.00 bits per heavy atom. The molecule has 16 heavy (non-hydrogen) atoms. The molecule has 0 aromatic heterocycles. The van der Waals surface area contributed by atoms with Crippen molar-refractivity contribution < 1.29 is 9.47 Å². The zero-order chi connectivity index (χ0) is 11.6. The van der Waals surface area contributed by atoms with Gasteiger partial charge in [0.15, 0.2) is 11.5 Å². The second-order valence-corrected chi connectivity index (χ2v) is 3.64. The molecule has 0 saturated heterocycles. The predicted molar refractivity (Wildman–Crippen MR) is 66.0 cm³/mol. The second-order valence-electron chi connectivity index (χ2n) is 3.64. The smallest absolute Gasteiger partial charge is 0.161 e. The minimum absolute atomic E-state index is 0.698. The molecule has 3 heteroatoms. The fraction of sp³-hybridized carbons (Fsp3) is 0.538. The van der Waals surface area contributed by atoms with Gasteiger partial charge in [0.25, 0.3) is 0 Å². The van der Waals surface area contributed by atoms with Crippen LogP contribution in [-0.2, 0) is 0 Å². The van der Waals surface area contributed by atoms with E-state index < -0.39 is 0 Å². The largest absolute Gasteiger partial charge is 0.490 e. The van der Waals surface area contributed by atoms with Crippen LogP contribution in [0.5, 0.6) is 11.5 Å². The van der Waals surface area contributed by atoms with E-state index in [1.807, 2.05) is 24.3 Å². The molecule has 0 saturated carbocycles. The van der Waals surface area contributed by atoms with E-state index in [0.29, 0.717) is 6.61 Å². The monoisotopic (exact) mass is 223 g/mol. The molecular weight excluding hydrogens is 202 g/mol. The summed E-state index contributed by atoms with van der Waals surface area (Å²) in [5.74, 6) is 1.66. The number of benzene rings is 1. The molecule has 0 aliphatic carbocycles. The van der Waals surface area contributed by atoms with Gasteiger partial charge in [0.05, 0.1) is 13.2 Å². The van der Waals surface area contributed by atoms with E-state index in [-0.39, 0.29) is 0 Å². The normalized spacial score (nSPS) is 10.1. The Hall–Kier alpha value is -1.22. The van der Waals surface area contributed by atoms with Crippen molar-refractivity contribution in [3.05, 3.63) is 24.3 Å². The van der Waals surface area contributed by atoms with E-state index >= 15 is 0 Å². The van der Waals surface area contributed by atoms with Gasteiger partial charge < -0.3 is 15.2 Å². The van der Waals surface area contributed by atoms with Crippen LogP contribution in [0.4, 0.5) is 0 Å². The van der Waals surface area contributed by atoms with Crippen LogP contribution >= 0.6 is 0 Å². The molecule has 0 amide bonds. The van der Waals surface area contributed by atoms with Crippen molar-refractivity contribution in [2.45, 2.75) is 26.2 Å². The van der Waals surface area contributed by atoms with E-state index in [0.717, 1.165) is 43.9 Å². The first-order valence-corrected chi connectivity index (χ1v) is 5.93. The van der Waals surface area contributed by atoms with Gasteiger partial charge in [-0.05, 0) is 37.9 Å². The number of nitrogens with two attached hydrogens (primary N) is 1. The van der Waals surface area contributed by atoms with Crippen LogP contribution in [0.2, 0.25) is 0 Å². The first-order valence-electron chi connectivity index (χ1n) is 5.93. The van der Waals surface area contributed by atoms with Crippen LogP contribution < -0.4 is 15.2 Å². The Bertz CT molecular complexity index is 289. The maximum atomic E-state index is 5.66. The summed E-state index contributed by atoms with van der Waals surface area (Å²) in [5, 5.41) is 0. The SMILES string of the molecule is CCCOc1ccccc1OCCCCN. The highest BCUT2D eigenvalue weighted by atomic mass is 16.5. The molecule has 1 rings (SSSR count). The molecule has 0 spiro atoms. The number of hydrogen-bond donors (Lipinski definition) is 1. The van der Waals surface area contributed by atoms with Crippen molar-refractivity contribution in [2.75, 3.05) is 19.8 Å². The molecule has 0 bridgehead atoms. The molecule has 0 unspecified atom stereocenters. The highest BCUT2D eigenvalue weighted by molar-refractivity contribution is 5.39. The summed E-state index contributed by atoms with van der Waals surface area (Å²) in [6.45, 7) is 4.23. The topological polar surface area (TPSA) is 44.5 Å². The highest BCUT2D eigenvalue weighted by Crippen LogP contribution is 2.26. The maximum absolute atomic E-state index is 5.66. The van der Waals surface area contributed by atoms with Gasteiger partial charge in [0, 0.05) is 0 Å². The number of rotatable bonds is 8. The third-order valence-corrected chi connectivity index (χ3v) is 2.17. The number of unbranched alkanes of at least 4 members (excludes halogenated alkanes) is 1. The Morgan fingerprint density at radius 3 is 2.19 bits per heavy atom. The lowest BCUT2D eigenvalue weighted by molar-refractivity contribution is 0.264. The highest BCUT2D eigenvalue weighted by Gasteiger charge is 2.02. The van der Waals surface area contributed by atoms with Gasteiger partial charge in [-0.15, -0.1) is 0 Å². The molecule has 2 N–H and O–H groups in total. The molecule has 0 radical (unpaired) electrons. The van der Waals surface area contributed by atoms with Gasteiger partial charge in [0.1, 0.15) is 0 Å². The molecule has 0 aliphatic rings. The van der Waals surface area contributed by atoms with Crippen molar-refractivity contribution in [1.29, 1.82) is 0 Å². The molecule has 0 aliphatic heterocycles. The van der Waals surface area contributed by atoms with Crippen LogP contribution in [0.15, 0.2) is 24.3 Å². The molecular formula is C13H21NO2. The summed E-state index contributed by atoms with van der Waals surface area (Å²) in [7, 11) is 0. The van der Waals surface area contributed by atoms with Crippen LogP contribution in [0.3, 0.4) is 0 Å². The van der Waals surface area contributed by atoms with Gasteiger partial charge in [-0.2, -0.15) is 0 Å². The van der Waals surface area contributed by atoms with Crippen molar-refractivity contribution in [1.82, 2.24) is 0 Å². The summed E-state index contributed by atoms with van der Waals surface area (Å²) in [5.41, 5.74) is 5.42. The lowest BCUT2D eigenvalue weighted by Crippen LogP contribution is -2.04. The Balaban J connectivity index is 2.43. The van der Waals surface area contributed by atoms with E-state index in [1.165, 1.54) is 0 Å². The number of ether oxygens (including phenoxy) is 2. The van der Waals surface area contributed by atoms with Gasteiger partial charge in [-0.25, -0.2) is 0 Å². The van der Waals surface area contributed by atoms with Crippen LogP contribution in [0.25, 0.3) is 0 Å². The van der Waals surface area contributed by atoms with Gasteiger partial charge in [0.2, 0.25) is 0 Å². The lowest BCUT2D eigenvalue weighted by atomic mass is 10.3. The van der Waals surface area contributed by atoms with E-state index in [4.69, 9.17) is 15.2 Å². The fourth-order valence-corrected chi connectivity index (χ4v) is 1.33. The molecule has 0 heterocycles. The first-order chi connectivity index (χ1) is 7.88. The molecule has 1 aromatic rings. The standard InChI is InChI=1S/C13H21NO2/c1-2-10-15-12-7-3-4-8-13(12)16-11-6-5-9-14/h3-4,7-8H,2,5-6,9-11,14H2,1H3. The third kappa shape index (κ3) is 4.53. The van der Waals surface area contributed by atoms with Gasteiger partial charge in [-0.3, -0.25) is 0 Å². The van der Waals surface area contributed by atoms with E-state index in [9.17, 15) is 0 Å². The first kappa shape index (κ1) is 12.8. The third-order valence-electron chi connectivity index (χ3n) is 2.17. The van der Waals surface area contributed by atoms with Gasteiger partial charge >= 0.3 is 0 Å². The molecule has 90 valence electrons. The summed E-state index contributed by atoms with van der Waals surface area (Å²) < 4.78 is 11.2. The van der Waals surface area contributed by atoms with Crippen molar-refractivity contribution >= 4 is 0 Å². The summed E-state index contributed by atoms with van der Waals surface area (Å²) in [6.07, 6.45) is 2.98. The lowest BCUT2D eigenvalue weighted by Gasteiger charge is -2.11. The molecule has 1 aromatic carbocycles. The average molecular weight is 223 g/mol.